The number of benzene rings is 12. The molecule has 0 aliphatic heterocycles. The molecule has 569 valence electrons. The quantitative estimate of drug-likeness (QED) is 0.0551. The number of rotatable bonds is 24. The summed E-state index contributed by atoms with van der Waals surface area (Å²) in [5.41, 5.74) is 12.9. The van der Waals surface area contributed by atoms with E-state index in [0.29, 0.717) is 69.0 Å². The molecule has 0 bridgehead atoms. The van der Waals surface area contributed by atoms with Crippen LogP contribution in [0.25, 0.3) is 0 Å². The van der Waals surface area contributed by atoms with Crippen LogP contribution in [-0.4, -0.2) is 4.66 Å². The van der Waals surface area contributed by atoms with Gasteiger partial charge in [-0.15, -0.1) is 0 Å². The molecule has 26 heteroatoms. The molecular formula is C84H85ClNdO20P4+3. The van der Waals surface area contributed by atoms with E-state index in [9.17, 15) is 18.3 Å². The van der Waals surface area contributed by atoms with Crippen molar-refractivity contribution in [1.82, 2.24) is 0 Å². The van der Waals surface area contributed by atoms with Crippen LogP contribution in [-0.2, 0) is 18.3 Å². The van der Waals surface area contributed by atoms with E-state index in [4.69, 9.17) is 72.9 Å². The molecule has 0 aliphatic carbocycles. The van der Waals surface area contributed by atoms with Crippen molar-refractivity contribution < 1.29 is 142 Å². The van der Waals surface area contributed by atoms with Gasteiger partial charge < -0.3 is 54.3 Å². The Balaban J connectivity index is 0.000000199. The third-order valence-electron chi connectivity index (χ3n) is 14.9. The molecule has 0 aromatic heterocycles. The minimum atomic E-state index is -4.69. The number of phosphoric acid groups is 4. The van der Waals surface area contributed by atoms with Gasteiger partial charge in [0, 0.05) is 0 Å². The van der Waals surface area contributed by atoms with Crippen LogP contribution in [0.4, 0.5) is 0 Å². The summed E-state index contributed by atoms with van der Waals surface area (Å²) in [5.74, 6) is 4.98. The first kappa shape index (κ1) is 87.9. The Bertz CT molecular complexity index is 3870. The van der Waals surface area contributed by atoms with Gasteiger partial charge in [0.15, 0.2) is 0 Å². The minimum absolute atomic E-state index is 0. The average Bonchev–Trinajstić information content (AvgIpc) is 0.841. The van der Waals surface area contributed by atoms with Gasteiger partial charge in [0.05, 0.1) is 14.9 Å². The molecular weight excluding hydrogens is 1630 g/mol. The fraction of sp³-hybridized carbons (Fsp3) is 0.143. The van der Waals surface area contributed by atoms with Crippen LogP contribution >= 0.6 is 31.3 Å². The van der Waals surface area contributed by atoms with Crippen molar-refractivity contribution in [1.29, 1.82) is 0 Å². The third kappa shape index (κ3) is 32.3. The normalized spacial score (nSPS) is 11.0. The van der Waals surface area contributed by atoms with Crippen molar-refractivity contribution in [2.75, 3.05) is 0 Å². The van der Waals surface area contributed by atoms with E-state index in [-0.39, 0.29) is 40.8 Å². The fourth-order valence-corrected chi connectivity index (χ4v) is 14.0. The zero-order valence-corrected chi connectivity index (χ0v) is 70.1. The number of phosphoric ester groups is 4. The zero-order valence-electron chi connectivity index (χ0n) is 62.6. The van der Waals surface area contributed by atoms with E-state index in [0.717, 1.165) is 66.8 Å². The summed E-state index contributed by atoms with van der Waals surface area (Å²) in [6.45, 7) is 23.6. The molecule has 1 N–H and O–H groups in total. The Labute approximate surface area is 678 Å². The SMILES string of the molecule is Cc1ccc(OP(=O)(Oc2ccc(C)cc2)Oc2ccc(C)cc2)cc1.Cc1ccc(OP(=O)(Oc2ccc(C)cc2)Oc2ccc(C)cc2)cc1.Cc1ccc(OP(=O)(Oc2ccc(C)cc2)Oc2ccc(C)cc2)cc1.Cc1ccc(OP(=O)(Oc2ccc(C)cc2)Oc2ccc(C)cc2)cc1.[Nd+3].[O-][Cl+3]([O-])([O-])O. The number of hydrogen-bond donors (Lipinski definition) is 1. The second kappa shape index (κ2) is 41.6. The number of hydrogen-bond acceptors (Lipinski definition) is 20. The Hall–Kier alpha value is -9.36. The molecule has 1 radical (unpaired) electrons. The molecule has 0 heterocycles. The molecule has 110 heavy (non-hydrogen) atoms. The summed E-state index contributed by atoms with van der Waals surface area (Å²) in [6, 6.07) is 86.6. The number of halogens is 1. The van der Waals surface area contributed by atoms with E-state index < -0.39 is 41.5 Å². The predicted octanol–water partition coefficient (Wildman–Crippen LogP) is 20.9. The summed E-state index contributed by atoms with van der Waals surface area (Å²) in [5, 5.41) is 0. The Morgan fingerprint density at radius 2 is 0.236 bits per heavy atom. The average molecular weight is 1720 g/mol. The second-order valence-electron chi connectivity index (χ2n) is 25.0. The molecule has 0 amide bonds. The van der Waals surface area contributed by atoms with Gasteiger partial charge in [-0.2, -0.15) is 32.2 Å². The maximum absolute atomic E-state index is 13.3. The maximum Gasteiger partial charge on any atom is 3.00 e. The van der Waals surface area contributed by atoms with Gasteiger partial charge in [-0.3, -0.25) is 0 Å². The largest absolute Gasteiger partial charge is 3.00 e. The van der Waals surface area contributed by atoms with Gasteiger partial charge >= 0.3 is 72.1 Å². The van der Waals surface area contributed by atoms with Crippen molar-refractivity contribution in [2.24, 2.45) is 0 Å². The van der Waals surface area contributed by atoms with Gasteiger partial charge in [0.1, 0.15) is 69.0 Å². The maximum atomic E-state index is 13.3. The predicted molar refractivity (Wildman–Crippen MR) is 414 cm³/mol. The molecule has 12 aromatic rings. The first-order chi connectivity index (χ1) is 51.7. The van der Waals surface area contributed by atoms with Gasteiger partial charge in [0.2, 0.25) is 0 Å². The standard InChI is InChI=1S/4C21H21O4P.ClHO4.Nd/c4*1-16-4-10-19(11-5-16)23-26(22,24-20-12-6-17(2)7-13-20)25-21-14-8-18(3)9-15-21;2-1(3,4)5;/h4*4-15H,1-3H3;(H,2,3,4,5);/q;;;;;+3. The molecule has 0 unspecified atom stereocenters. The van der Waals surface area contributed by atoms with Crippen molar-refractivity contribution in [3.8, 4) is 69.0 Å². The molecule has 12 aromatic carbocycles. The van der Waals surface area contributed by atoms with E-state index in [1.165, 1.54) is 0 Å². The summed E-state index contributed by atoms with van der Waals surface area (Å²) in [6.07, 6.45) is 0. The van der Waals surface area contributed by atoms with Crippen molar-refractivity contribution in [2.45, 2.75) is 83.1 Å². The van der Waals surface area contributed by atoms with Crippen LogP contribution < -0.4 is 68.3 Å². The fourth-order valence-electron chi connectivity index (χ4n) is 8.96. The minimum Gasteiger partial charge on any atom is -0.386 e. The van der Waals surface area contributed by atoms with Crippen molar-refractivity contribution in [3.05, 3.63) is 358 Å². The van der Waals surface area contributed by atoms with Gasteiger partial charge in [-0.25, -0.2) is 0 Å². The van der Waals surface area contributed by atoms with Crippen LogP contribution in [0.15, 0.2) is 291 Å². The van der Waals surface area contributed by atoms with E-state index in [1.807, 2.05) is 229 Å². The van der Waals surface area contributed by atoms with Crippen molar-refractivity contribution in [3.63, 3.8) is 0 Å². The third-order valence-corrected chi connectivity index (χ3v) is 20.1. The molecule has 20 nitrogen and oxygen atoms in total. The number of aryl methyl sites for hydroxylation is 12. The van der Waals surface area contributed by atoms with Crippen molar-refractivity contribution >= 4 is 31.3 Å². The molecule has 0 spiro atoms. The molecule has 0 atom stereocenters. The van der Waals surface area contributed by atoms with E-state index >= 15 is 0 Å². The van der Waals surface area contributed by atoms with Gasteiger partial charge in [0.25, 0.3) is 0 Å². The van der Waals surface area contributed by atoms with Crippen LogP contribution in [0.5, 0.6) is 69.0 Å². The first-order valence-electron chi connectivity index (χ1n) is 33.9. The summed E-state index contributed by atoms with van der Waals surface area (Å²) < 4.78 is 154. The first-order valence-corrected chi connectivity index (χ1v) is 41.0. The Morgan fingerprint density at radius 1 is 0.182 bits per heavy atom. The van der Waals surface area contributed by atoms with Gasteiger partial charge in [-0.1, -0.05) is 212 Å². The monoisotopic (exact) mass is 1710 g/mol. The topological polar surface area (TPSA) is 268 Å². The van der Waals surface area contributed by atoms with Gasteiger partial charge in [-0.05, 0) is 229 Å². The summed E-state index contributed by atoms with van der Waals surface area (Å²) >= 11 is 0. The van der Waals surface area contributed by atoms with Crippen LogP contribution in [0.3, 0.4) is 0 Å². The molecule has 0 saturated carbocycles. The van der Waals surface area contributed by atoms with Crippen LogP contribution in [0.1, 0.15) is 66.8 Å². The summed E-state index contributed by atoms with van der Waals surface area (Å²) in [4.78, 5) is 0. The van der Waals surface area contributed by atoms with Crippen LogP contribution in [0.2, 0.25) is 0 Å². The van der Waals surface area contributed by atoms with E-state index in [2.05, 4.69) is 0 Å². The molecule has 0 saturated heterocycles. The summed E-state index contributed by atoms with van der Waals surface area (Å²) in [7, 11) is -20.4. The zero-order chi connectivity index (χ0) is 78.8. The van der Waals surface area contributed by atoms with Crippen LogP contribution in [0, 0.1) is 134 Å². The molecule has 0 aliphatic rings. The molecule has 0 fully saturated rings. The Morgan fingerprint density at radius 3 is 0.291 bits per heavy atom. The second-order valence-corrected chi connectivity index (χ2v) is 31.6. The smallest absolute Gasteiger partial charge is 0.386 e. The Kier molecular flexibility index (Phi) is 33.2. The van der Waals surface area contributed by atoms with E-state index in [1.54, 1.807) is 146 Å². The molecule has 12 rings (SSSR count).